The van der Waals surface area contributed by atoms with Crippen molar-refractivity contribution >= 4 is 11.8 Å². The zero-order valence-electron chi connectivity index (χ0n) is 10.3. The third-order valence-electron chi connectivity index (χ3n) is 2.47. The highest BCUT2D eigenvalue weighted by Crippen LogP contribution is 2.26. The molecule has 0 spiro atoms. The molecule has 92 valence electrons. The van der Waals surface area contributed by atoms with Gasteiger partial charge in [-0.1, -0.05) is 24.0 Å². The van der Waals surface area contributed by atoms with Gasteiger partial charge in [0.2, 0.25) is 0 Å². The average molecular weight is 257 g/mol. The Morgan fingerprint density at radius 3 is 2.94 bits per heavy atom. The summed E-state index contributed by atoms with van der Waals surface area (Å²) < 4.78 is 5.27. The zero-order valence-corrected chi connectivity index (χ0v) is 11.1. The summed E-state index contributed by atoms with van der Waals surface area (Å²) in [6.45, 7) is 2.37. The van der Waals surface area contributed by atoms with Crippen LogP contribution < -0.4 is 5.73 Å². The van der Waals surface area contributed by atoms with Crippen molar-refractivity contribution < 1.29 is 4.42 Å². The Bertz CT molecular complexity index is 577. The Kier molecular flexibility index (Phi) is 4.52. The lowest BCUT2D eigenvalue weighted by molar-refractivity contribution is 0.527. The van der Waals surface area contributed by atoms with Crippen LogP contribution >= 0.6 is 11.8 Å². The van der Waals surface area contributed by atoms with E-state index in [1.165, 1.54) is 10.5 Å². The number of furan rings is 1. The number of rotatable bonds is 3. The molecular weight excluding hydrogens is 242 g/mol. The number of hydrogen-bond donors (Lipinski definition) is 1. The maximum Gasteiger partial charge on any atom is 0.114 e. The first-order valence-corrected chi connectivity index (χ1v) is 6.73. The first-order chi connectivity index (χ1) is 8.79. The highest BCUT2D eigenvalue weighted by atomic mass is 32.2. The smallest absolute Gasteiger partial charge is 0.114 e. The van der Waals surface area contributed by atoms with Gasteiger partial charge in [0.05, 0.1) is 12.8 Å². The third kappa shape index (κ3) is 3.43. The molecule has 0 amide bonds. The van der Waals surface area contributed by atoms with Crippen LogP contribution in [0, 0.1) is 18.8 Å². The van der Waals surface area contributed by atoms with Gasteiger partial charge in [0.25, 0.3) is 0 Å². The summed E-state index contributed by atoms with van der Waals surface area (Å²) in [7, 11) is 0. The van der Waals surface area contributed by atoms with Crippen LogP contribution in [0.4, 0.5) is 0 Å². The molecule has 0 radical (unpaired) electrons. The van der Waals surface area contributed by atoms with E-state index in [1.807, 2.05) is 25.1 Å². The molecule has 1 heterocycles. The second kappa shape index (κ2) is 6.34. The topological polar surface area (TPSA) is 39.2 Å². The van der Waals surface area contributed by atoms with Crippen molar-refractivity contribution in [2.45, 2.75) is 17.6 Å². The van der Waals surface area contributed by atoms with E-state index in [0.717, 1.165) is 17.1 Å². The lowest BCUT2D eigenvalue weighted by atomic mass is 10.1. The molecule has 0 aliphatic heterocycles. The number of benzene rings is 1. The fourth-order valence-corrected chi connectivity index (χ4v) is 2.48. The summed E-state index contributed by atoms with van der Waals surface area (Å²) >= 11 is 1.77. The van der Waals surface area contributed by atoms with E-state index in [2.05, 4.69) is 24.0 Å². The van der Waals surface area contributed by atoms with Crippen molar-refractivity contribution in [2.24, 2.45) is 5.73 Å². The van der Waals surface area contributed by atoms with Gasteiger partial charge in [-0.3, -0.25) is 0 Å². The van der Waals surface area contributed by atoms with Crippen LogP contribution in [0.3, 0.4) is 0 Å². The van der Waals surface area contributed by atoms with Crippen molar-refractivity contribution in [2.75, 3.05) is 6.54 Å². The van der Waals surface area contributed by atoms with Crippen molar-refractivity contribution in [1.29, 1.82) is 0 Å². The molecule has 1 aromatic carbocycles. The second-order valence-corrected chi connectivity index (χ2v) is 4.85. The lowest BCUT2D eigenvalue weighted by Crippen LogP contribution is -1.93. The van der Waals surface area contributed by atoms with E-state index in [9.17, 15) is 0 Å². The van der Waals surface area contributed by atoms with Gasteiger partial charge in [0.1, 0.15) is 5.76 Å². The van der Waals surface area contributed by atoms with E-state index < -0.39 is 0 Å². The van der Waals surface area contributed by atoms with E-state index in [0.29, 0.717) is 6.54 Å². The largest absolute Gasteiger partial charge is 0.468 e. The van der Waals surface area contributed by atoms with Gasteiger partial charge in [-0.15, -0.1) is 11.8 Å². The summed E-state index contributed by atoms with van der Waals surface area (Å²) in [5, 5.41) is 0. The van der Waals surface area contributed by atoms with Gasteiger partial charge in [0, 0.05) is 16.2 Å². The summed E-state index contributed by atoms with van der Waals surface area (Å²) in [5.41, 5.74) is 7.64. The molecule has 0 aliphatic carbocycles. The molecule has 0 bridgehead atoms. The third-order valence-corrected chi connectivity index (χ3v) is 3.68. The molecule has 2 N–H and O–H groups in total. The summed E-state index contributed by atoms with van der Waals surface area (Å²) in [5.74, 6) is 7.80. The normalized spacial score (nSPS) is 9.89. The Morgan fingerprint density at radius 2 is 2.22 bits per heavy atom. The fourth-order valence-electron chi connectivity index (χ4n) is 1.58. The maximum absolute atomic E-state index is 5.37. The minimum atomic E-state index is 0.396. The molecule has 0 aliphatic rings. The predicted octanol–water partition coefficient (Wildman–Crippen LogP) is 3.19. The molecule has 18 heavy (non-hydrogen) atoms. The quantitative estimate of drug-likeness (QED) is 0.678. The molecule has 1 aromatic heterocycles. The summed E-state index contributed by atoms with van der Waals surface area (Å²) in [6.07, 6.45) is 1.72. The maximum atomic E-state index is 5.37. The fraction of sp³-hybridized carbons (Fsp3) is 0.200. The summed E-state index contributed by atoms with van der Waals surface area (Å²) in [4.78, 5) is 1.19. The molecule has 2 nitrogen and oxygen atoms in total. The van der Waals surface area contributed by atoms with Crippen molar-refractivity contribution in [1.82, 2.24) is 0 Å². The van der Waals surface area contributed by atoms with Gasteiger partial charge in [0.15, 0.2) is 0 Å². The Hall–Kier alpha value is -1.63. The average Bonchev–Trinajstić information content (AvgIpc) is 2.80. The first-order valence-electron chi connectivity index (χ1n) is 5.74. The molecule has 3 heteroatoms. The molecule has 0 saturated carbocycles. The highest BCUT2D eigenvalue weighted by molar-refractivity contribution is 7.98. The molecule has 0 fully saturated rings. The van der Waals surface area contributed by atoms with Crippen LogP contribution in [-0.4, -0.2) is 6.54 Å². The van der Waals surface area contributed by atoms with Gasteiger partial charge in [-0.25, -0.2) is 0 Å². The van der Waals surface area contributed by atoms with E-state index in [4.69, 9.17) is 10.2 Å². The van der Waals surface area contributed by atoms with Crippen molar-refractivity contribution in [3.8, 4) is 11.8 Å². The number of thioether (sulfide) groups is 1. The van der Waals surface area contributed by atoms with Crippen molar-refractivity contribution in [3.63, 3.8) is 0 Å². The molecule has 2 rings (SSSR count). The first kappa shape index (κ1) is 12.8. The van der Waals surface area contributed by atoms with E-state index >= 15 is 0 Å². The SMILES string of the molecule is Cc1occc1SCc1cccc(C#CCN)c1. The van der Waals surface area contributed by atoms with Crippen LogP contribution in [0.1, 0.15) is 16.9 Å². The van der Waals surface area contributed by atoms with Crippen LogP contribution in [0.5, 0.6) is 0 Å². The molecular formula is C15H15NOS. The van der Waals surface area contributed by atoms with Crippen molar-refractivity contribution in [3.05, 3.63) is 53.5 Å². The monoisotopic (exact) mass is 257 g/mol. The molecule has 2 aromatic rings. The summed E-state index contributed by atoms with van der Waals surface area (Å²) in [6, 6.07) is 10.2. The number of hydrogen-bond acceptors (Lipinski definition) is 3. The number of nitrogens with two attached hydrogens (primary N) is 1. The molecule has 0 atom stereocenters. The minimum Gasteiger partial charge on any atom is -0.468 e. The lowest BCUT2D eigenvalue weighted by Gasteiger charge is -2.01. The van der Waals surface area contributed by atoms with Gasteiger partial charge in [-0.05, 0) is 30.7 Å². The molecule has 0 unspecified atom stereocenters. The highest BCUT2D eigenvalue weighted by Gasteiger charge is 2.02. The molecule has 0 saturated heterocycles. The Balaban J connectivity index is 2.03. The Labute approximate surface area is 112 Å². The van der Waals surface area contributed by atoms with Crippen LogP contribution in [0.2, 0.25) is 0 Å². The second-order valence-electron chi connectivity index (χ2n) is 3.84. The Morgan fingerprint density at radius 1 is 1.33 bits per heavy atom. The van der Waals surface area contributed by atoms with E-state index in [1.54, 1.807) is 18.0 Å². The predicted molar refractivity (Wildman–Crippen MR) is 75.4 cm³/mol. The van der Waals surface area contributed by atoms with Crippen LogP contribution in [-0.2, 0) is 5.75 Å². The van der Waals surface area contributed by atoms with Gasteiger partial charge >= 0.3 is 0 Å². The van der Waals surface area contributed by atoms with E-state index in [-0.39, 0.29) is 0 Å². The number of aryl methyl sites for hydroxylation is 1. The standard InChI is InChI=1S/C15H15NOS/c1-12-15(7-9-17-12)18-11-14-5-2-4-13(10-14)6-3-8-16/h2,4-5,7,9-10H,8,11,16H2,1H3. The van der Waals surface area contributed by atoms with Gasteiger partial charge < -0.3 is 10.2 Å². The minimum absolute atomic E-state index is 0.396. The zero-order chi connectivity index (χ0) is 12.8. The van der Waals surface area contributed by atoms with Crippen LogP contribution in [0.15, 0.2) is 45.9 Å². The van der Waals surface area contributed by atoms with Crippen LogP contribution in [0.25, 0.3) is 0 Å². The van der Waals surface area contributed by atoms with Gasteiger partial charge in [-0.2, -0.15) is 0 Å².